The zero-order valence-electron chi connectivity index (χ0n) is 15.4. The molecule has 1 amide bonds. The minimum Gasteiger partial charge on any atom is -0.455 e. The Balaban J connectivity index is 2.08. The van der Waals surface area contributed by atoms with Crippen LogP contribution in [0.25, 0.3) is 0 Å². The van der Waals surface area contributed by atoms with Crippen molar-refractivity contribution >= 4 is 5.91 Å². The number of nitrogens with zero attached hydrogens (tertiary/aromatic N) is 1. The number of benzene rings is 1. The Bertz CT molecular complexity index is 686. The molecule has 0 bridgehead atoms. The Morgan fingerprint density at radius 1 is 1.12 bits per heavy atom. The number of furan rings is 1. The Morgan fingerprint density at radius 3 is 2.40 bits per heavy atom. The van der Waals surface area contributed by atoms with Gasteiger partial charge in [0.1, 0.15) is 11.6 Å². The number of hydrogen-bond donors (Lipinski definition) is 1. The summed E-state index contributed by atoms with van der Waals surface area (Å²) >= 11 is 0. The molecule has 0 saturated heterocycles. The highest BCUT2D eigenvalue weighted by molar-refractivity contribution is 5.91. The molecule has 0 aliphatic carbocycles. The van der Waals surface area contributed by atoms with E-state index in [0.29, 0.717) is 25.4 Å². The molecule has 0 fully saturated rings. The molecule has 5 heteroatoms. The van der Waals surface area contributed by atoms with Gasteiger partial charge in [0.15, 0.2) is 5.76 Å². The molecule has 0 unspecified atom stereocenters. The van der Waals surface area contributed by atoms with Gasteiger partial charge in [-0.1, -0.05) is 19.1 Å². The fourth-order valence-electron chi connectivity index (χ4n) is 2.44. The van der Waals surface area contributed by atoms with Crippen LogP contribution in [0, 0.1) is 5.82 Å². The molecule has 0 spiro atoms. The van der Waals surface area contributed by atoms with Crippen LogP contribution in [-0.4, -0.2) is 22.9 Å². The highest BCUT2D eigenvalue weighted by Crippen LogP contribution is 2.22. The van der Waals surface area contributed by atoms with Gasteiger partial charge in [0.05, 0.1) is 6.54 Å². The van der Waals surface area contributed by atoms with Gasteiger partial charge in [-0.15, -0.1) is 0 Å². The van der Waals surface area contributed by atoms with E-state index in [1.165, 1.54) is 12.1 Å². The third-order valence-corrected chi connectivity index (χ3v) is 4.00. The maximum absolute atomic E-state index is 13.1. The minimum atomic E-state index is -0.236. The van der Waals surface area contributed by atoms with Gasteiger partial charge in [-0.25, -0.2) is 4.39 Å². The topological polar surface area (TPSA) is 45.5 Å². The summed E-state index contributed by atoms with van der Waals surface area (Å²) in [5, 5.41) is 2.81. The Labute approximate surface area is 149 Å². The van der Waals surface area contributed by atoms with E-state index in [-0.39, 0.29) is 17.3 Å². The second kappa shape index (κ2) is 8.30. The first-order valence-corrected chi connectivity index (χ1v) is 8.66. The third kappa shape index (κ3) is 5.71. The van der Waals surface area contributed by atoms with Crippen molar-refractivity contribution in [1.82, 2.24) is 10.2 Å². The molecule has 25 heavy (non-hydrogen) atoms. The number of amides is 1. The Morgan fingerprint density at radius 2 is 1.80 bits per heavy atom. The highest BCUT2D eigenvalue weighted by atomic mass is 19.1. The molecular weight excluding hydrogens is 319 g/mol. The standard InChI is InChI=1S/C20H27FN2O2/c1-5-12-22-19(24)18-11-10-17(25-18)14-23(20(2,3)4)13-15-6-8-16(21)9-7-15/h6-11H,5,12-14H2,1-4H3,(H,22,24). The van der Waals surface area contributed by atoms with Crippen LogP contribution in [0.4, 0.5) is 4.39 Å². The molecule has 2 rings (SSSR count). The van der Waals surface area contributed by atoms with Gasteiger partial charge >= 0.3 is 0 Å². The lowest BCUT2D eigenvalue weighted by molar-refractivity contribution is 0.0906. The van der Waals surface area contributed by atoms with Crippen molar-refractivity contribution in [3.05, 3.63) is 59.3 Å². The SMILES string of the molecule is CCCNC(=O)c1ccc(CN(Cc2ccc(F)cc2)C(C)(C)C)o1. The monoisotopic (exact) mass is 346 g/mol. The zero-order valence-corrected chi connectivity index (χ0v) is 15.4. The first-order chi connectivity index (χ1) is 11.8. The fourth-order valence-corrected chi connectivity index (χ4v) is 2.44. The lowest BCUT2D eigenvalue weighted by Gasteiger charge is -2.35. The van der Waals surface area contributed by atoms with Crippen molar-refractivity contribution in [2.75, 3.05) is 6.54 Å². The molecule has 4 nitrogen and oxygen atoms in total. The smallest absolute Gasteiger partial charge is 0.286 e. The number of halogens is 1. The fraction of sp³-hybridized carbons (Fsp3) is 0.450. The second-order valence-corrected chi connectivity index (χ2v) is 7.18. The quantitative estimate of drug-likeness (QED) is 0.810. The summed E-state index contributed by atoms with van der Waals surface area (Å²) in [5.74, 6) is 0.645. The van der Waals surface area contributed by atoms with Gasteiger partial charge in [-0.05, 0) is 57.0 Å². The Kier molecular flexibility index (Phi) is 6.37. The van der Waals surface area contributed by atoms with E-state index in [9.17, 15) is 9.18 Å². The van der Waals surface area contributed by atoms with Crippen molar-refractivity contribution in [2.24, 2.45) is 0 Å². The lowest BCUT2D eigenvalue weighted by Crippen LogP contribution is -2.40. The predicted molar refractivity (Wildman–Crippen MR) is 96.7 cm³/mol. The van der Waals surface area contributed by atoms with Crippen molar-refractivity contribution in [3.63, 3.8) is 0 Å². The molecule has 2 aromatic rings. The molecule has 1 aromatic carbocycles. The van der Waals surface area contributed by atoms with E-state index in [1.807, 2.05) is 13.0 Å². The predicted octanol–water partition coefficient (Wildman–Crippen LogP) is 4.36. The lowest BCUT2D eigenvalue weighted by atomic mass is 10.0. The molecule has 0 radical (unpaired) electrons. The van der Waals surface area contributed by atoms with Crippen LogP contribution >= 0.6 is 0 Å². The number of rotatable bonds is 7. The normalized spacial score (nSPS) is 11.8. The van der Waals surface area contributed by atoms with Crippen LogP contribution in [0.1, 0.15) is 56.0 Å². The van der Waals surface area contributed by atoms with Gasteiger partial charge in [0, 0.05) is 18.6 Å². The number of nitrogens with one attached hydrogen (secondary N) is 1. The second-order valence-electron chi connectivity index (χ2n) is 7.18. The molecule has 0 aliphatic rings. The first-order valence-electron chi connectivity index (χ1n) is 8.66. The summed E-state index contributed by atoms with van der Waals surface area (Å²) in [6, 6.07) is 10.1. The molecular formula is C20H27FN2O2. The number of carbonyl (C=O) groups excluding carboxylic acids is 1. The first kappa shape index (κ1) is 19.2. The van der Waals surface area contributed by atoms with Crippen LogP contribution in [0.15, 0.2) is 40.8 Å². The largest absolute Gasteiger partial charge is 0.455 e. The summed E-state index contributed by atoms with van der Waals surface area (Å²) in [4.78, 5) is 14.2. The van der Waals surface area contributed by atoms with Gasteiger partial charge in [-0.3, -0.25) is 9.69 Å². The molecule has 0 atom stereocenters. The van der Waals surface area contributed by atoms with Crippen LogP contribution in [0.2, 0.25) is 0 Å². The minimum absolute atomic E-state index is 0.105. The van der Waals surface area contributed by atoms with Crippen LogP contribution < -0.4 is 5.32 Å². The van der Waals surface area contributed by atoms with E-state index < -0.39 is 0 Å². The number of carbonyl (C=O) groups is 1. The van der Waals surface area contributed by atoms with Crippen molar-refractivity contribution in [1.29, 1.82) is 0 Å². The van der Waals surface area contributed by atoms with Crippen LogP contribution in [0.3, 0.4) is 0 Å². The molecule has 1 aromatic heterocycles. The molecule has 136 valence electrons. The van der Waals surface area contributed by atoms with E-state index in [1.54, 1.807) is 18.2 Å². The van der Waals surface area contributed by atoms with E-state index in [2.05, 4.69) is 31.0 Å². The van der Waals surface area contributed by atoms with Crippen LogP contribution in [0.5, 0.6) is 0 Å². The maximum Gasteiger partial charge on any atom is 0.286 e. The van der Waals surface area contributed by atoms with Gasteiger partial charge in [0.25, 0.3) is 5.91 Å². The number of hydrogen-bond acceptors (Lipinski definition) is 3. The summed E-state index contributed by atoms with van der Waals surface area (Å²) in [6.45, 7) is 10.2. The van der Waals surface area contributed by atoms with Crippen molar-refractivity contribution < 1.29 is 13.6 Å². The molecule has 0 saturated carbocycles. The molecule has 1 N–H and O–H groups in total. The average molecular weight is 346 g/mol. The van der Waals surface area contributed by atoms with Gasteiger partial charge in [0.2, 0.25) is 0 Å². The van der Waals surface area contributed by atoms with Crippen molar-refractivity contribution in [2.45, 2.75) is 52.7 Å². The highest BCUT2D eigenvalue weighted by Gasteiger charge is 2.23. The van der Waals surface area contributed by atoms with Crippen LogP contribution in [-0.2, 0) is 13.1 Å². The van der Waals surface area contributed by atoms with E-state index in [0.717, 1.165) is 17.7 Å². The molecule has 0 aliphatic heterocycles. The van der Waals surface area contributed by atoms with E-state index >= 15 is 0 Å². The summed E-state index contributed by atoms with van der Waals surface area (Å²) in [7, 11) is 0. The average Bonchev–Trinajstić information content (AvgIpc) is 3.02. The van der Waals surface area contributed by atoms with Gasteiger partial charge in [-0.2, -0.15) is 0 Å². The van der Waals surface area contributed by atoms with E-state index in [4.69, 9.17) is 4.42 Å². The summed E-state index contributed by atoms with van der Waals surface area (Å²) < 4.78 is 18.8. The Hall–Kier alpha value is -2.14. The summed E-state index contributed by atoms with van der Waals surface area (Å²) in [6.07, 6.45) is 0.884. The summed E-state index contributed by atoms with van der Waals surface area (Å²) in [5.41, 5.74) is 0.926. The third-order valence-electron chi connectivity index (χ3n) is 4.00. The van der Waals surface area contributed by atoms with Gasteiger partial charge < -0.3 is 9.73 Å². The maximum atomic E-state index is 13.1. The zero-order chi connectivity index (χ0) is 18.4. The molecule has 1 heterocycles. The van der Waals surface area contributed by atoms with Crippen molar-refractivity contribution in [3.8, 4) is 0 Å².